The minimum atomic E-state index is -0.769. The van der Waals surface area contributed by atoms with Crippen molar-refractivity contribution in [1.82, 2.24) is 9.80 Å². The van der Waals surface area contributed by atoms with E-state index in [1.807, 2.05) is 4.90 Å². The van der Waals surface area contributed by atoms with Gasteiger partial charge in [-0.25, -0.2) is 4.79 Å². The highest BCUT2D eigenvalue weighted by molar-refractivity contribution is 5.95. The van der Waals surface area contributed by atoms with Crippen LogP contribution in [0, 0.1) is 5.92 Å². The molecule has 0 atom stereocenters. The average Bonchev–Trinajstić information content (AvgIpc) is 3.29. The Labute approximate surface area is 177 Å². The maximum Gasteiger partial charge on any atom is 0.513 e. The number of ether oxygens (including phenoxy) is 2. The summed E-state index contributed by atoms with van der Waals surface area (Å²) in [5.41, 5.74) is 1.70. The van der Waals surface area contributed by atoms with Gasteiger partial charge < -0.3 is 19.3 Å². The number of piperazine rings is 1. The maximum atomic E-state index is 12.7. The van der Waals surface area contributed by atoms with Gasteiger partial charge in [-0.05, 0) is 56.9 Å². The molecule has 1 saturated carbocycles. The first kappa shape index (κ1) is 21.9. The molecule has 0 bridgehead atoms. The van der Waals surface area contributed by atoms with Crippen molar-refractivity contribution in [2.75, 3.05) is 32.8 Å². The molecule has 2 fully saturated rings. The van der Waals surface area contributed by atoms with Crippen molar-refractivity contribution < 1.29 is 23.9 Å². The minimum Gasteiger partial charge on any atom is -0.434 e. The van der Waals surface area contributed by atoms with Crippen LogP contribution in [0.15, 0.2) is 35.9 Å². The fourth-order valence-corrected chi connectivity index (χ4v) is 4.01. The van der Waals surface area contributed by atoms with Gasteiger partial charge in [0.25, 0.3) is 5.91 Å². The Bertz CT molecular complexity index is 788. The van der Waals surface area contributed by atoms with Crippen LogP contribution in [0.3, 0.4) is 0 Å². The lowest BCUT2D eigenvalue weighted by molar-refractivity contribution is -0.127. The Balaban J connectivity index is 1.50. The summed E-state index contributed by atoms with van der Waals surface area (Å²) >= 11 is 0. The van der Waals surface area contributed by atoms with Gasteiger partial charge in [0.2, 0.25) is 5.91 Å². The summed E-state index contributed by atoms with van der Waals surface area (Å²) in [4.78, 5) is 40.2. The number of amides is 2. The second-order valence-corrected chi connectivity index (χ2v) is 7.80. The van der Waals surface area contributed by atoms with E-state index in [1.54, 1.807) is 42.2 Å². The van der Waals surface area contributed by atoms with Crippen molar-refractivity contribution in [2.45, 2.75) is 39.5 Å². The van der Waals surface area contributed by atoms with Crippen LogP contribution in [-0.2, 0) is 9.53 Å². The number of hydrogen-bond acceptors (Lipinski definition) is 5. The van der Waals surface area contributed by atoms with Gasteiger partial charge in [0.1, 0.15) is 5.75 Å². The lowest BCUT2D eigenvalue weighted by atomic mass is 9.98. The molecule has 3 rings (SSSR count). The van der Waals surface area contributed by atoms with Crippen molar-refractivity contribution in [1.29, 1.82) is 0 Å². The molecular weight excluding hydrogens is 384 g/mol. The van der Waals surface area contributed by atoms with E-state index in [-0.39, 0.29) is 18.4 Å². The molecule has 1 aromatic rings. The SMILES string of the molecule is CCOC(=O)Oc1ccc(C(=O)N2CCN(C(=O)/C=C(\C)C3CCCC3)CC2)cc1. The van der Waals surface area contributed by atoms with Crippen molar-refractivity contribution in [3.63, 3.8) is 0 Å². The van der Waals surface area contributed by atoms with Gasteiger partial charge in [0.05, 0.1) is 6.61 Å². The summed E-state index contributed by atoms with van der Waals surface area (Å²) in [5.74, 6) is 0.826. The monoisotopic (exact) mass is 414 g/mol. The molecule has 7 nitrogen and oxygen atoms in total. The summed E-state index contributed by atoms with van der Waals surface area (Å²) < 4.78 is 9.74. The number of allylic oxidation sites excluding steroid dienone is 1. The molecule has 1 aliphatic heterocycles. The molecule has 0 radical (unpaired) electrons. The van der Waals surface area contributed by atoms with E-state index in [4.69, 9.17) is 9.47 Å². The Morgan fingerprint density at radius 2 is 1.60 bits per heavy atom. The van der Waals surface area contributed by atoms with E-state index in [9.17, 15) is 14.4 Å². The summed E-state index contributed by atoms with van der Waals surface area (Å²) in [6.07, 6.45) is 5.88. The summed E-state index contributed by atoms with van der Waals surface area (Å²) in [6.45, 7) is 6.06. The third-order valence-corrected chi connectivity index (χ3v) is 5.79. The molecule has 0 aromatic heterocycles. The third kappa shape index (κ3) is 5.62. The van der Waals surface area contributed by atoms with Crippen LogP contribution in [0.4, 0.5) is 4.79 Å². The standard InChI is InChI=1S/C23H30N2O5/c1-3-29-23(28)30-20-10-8-19(9-11-20)22(27)25-14-12-24(13-15-25)21(26)16-17(2)18-6-4-5-7-18/h8-11,16,18H,3-7,12-15H2,1-2H3/b17-16+. The zero-order valence-electron chi connectivity index (χ0n) is 17.8. The van der Waals surface area contributed by atoms with Crippen LogP contribution in [-0.4, -0.2) is 60.6 Å². The lowest BCUT2D eigenvalue weighted by Gasteiger charge is -2.34. The maximum absolute atomic E-state index is 12.7. The third-order valence-electron chi connectivity index (χ3n) is 5.79. The Morgan fingerprint density at radius 3 is 2.20 bits per heavy atom. The summed E-state index contributed by atoms with van der Waals surface area (Å²) in [5, 5.41) is 0. The number of carbonyl (C=O) groups is 3. The van der Waals surface area contributed by atoms with E-state index in [0.29, 0.717) is 43.4 Å². The number of carbonyl (C=O) groups excluding carboxylic acids is 3. The van der Waals surface area contributed by atoms with Gasteiger partial charge in [-0.1, -0.05) is 18.4 Å². The van der Waals surface area contributed by atoms with E-state index in [0.717, 1.165) is 0 Å². The molecule has 30 heavy (non-hydrogen) atoms. The molecule has 0 unspecified atom stereocenters. The molecule has 162 valence electrons. The first-order chi connectivity index (χ1) is 14.5. The van der Waals surface area contributed by atoms with Gasteiger partial charge >= 0.3 is 6.16 Å². The first-order valence-electron chi connectivity index (χ1n) is 10.7. The van der Waals surface area contributed by atoms with Gasteiger partial charge in [0, 0.05) is 37.8 Å². The molecule has 1 heterocycles. The van der Waals surface area contributed by atoms with Crippen LogP contribution in [0.2, 0.25) is 0 Å². The highest BCUT2D eigenvalue weighted by Gasteiger charge is 2.25. The number of rotatable bonds is 5. The van der Waals surface area contributed by atoms with Crippen LogP contribution in [0.1, 0.15) is 49.9 Å². The number of hydrogen-bond donors (Lipinski definition) is 0. The largest absolute Gasteiger partial charge is 0.513 e. The molecule has 1 saturated heterocycles. The van der Waals surface area contributed by atoms with Crippen molar-refractivity contribution in [3.05, 3.63) is 41.5 Å². The van der Waals surface area contributed by atoms with E-state index in [1.165, 1.54) is 31.3 Å². The second-order valence-electron chi connectivity index (χ2n) is 7.80. The van der Waals surface area contributed by atoms with Crippen molar-refractivity contribution in [2.24, 2.45) is 5.92 Å². The van der Waals surface area contributed by atoms with Crippen LogP contribution >= 0.6 is 0 Å². The quantitative estimate of drug-likeness (QED) is 0.418. The number of nitrogens with zero attached hydrogens (tertiary/aromatic N) is 2. The van der Waals surface area contributed by atoms with Gasteiger partial charge in [-0.2, -0.15) is 0 Å². The molecule has 0 N–H and O–H groups in total. The average molecular weight is 415 g/mol. The van der Waals surface area contributed by atoms with Crippen molar-refractivity contribution >= 4 is 18.0 Å². The summed E-state index contributed by atoms with van der Waals surface area (Å²) in [7, 11) is 0. The highest BCUT2D eigenvalue weighted by atomic mass is 16.7. The molecule has 1 aliphatic carbocycles. The second kappa shape index (κ2) is 10.3. The zero-order chi connectivity index (χ0) is 21.5. The zero-order valence-corrected chi connectivity index (χ0v) is 17.8. The van der Waals surface area contributed by atoms with Gasteiger partial charge in [0.15, 0.2) is 0 Å². The molecule has 1 aromatic carbocycles. The van der Waals surface area contributed by atoms with E-state index >= 15 is 0 Å². The van der Waals surface area contributed by atoms with Gasteiger partial charge in [-0.3, -0.25) is 9.59 Å². The fourth-order valence-electron chi connectivity index (χ4n) is 4.01. The Hall–Kier alpha value is -2.83. The topological polar surface area (TPSA) is 76.2 Å². The van der Waals surface area contributed by atoms with E-state index < -0.39 is 6.16 Å². The summed E-state index contributed by atoms with van der Waals surface area (Å²) in [6, 6.07) is 6.39. The predicted octanol–water partition coefficient (Wildman–Crippen LogP) is 3.64. The van der Waals surface area contributed by atoms with Crippen LogP contribution in [0.25, 0.3) is 0 Å². The molecule has 0 spiro atoms. The normalized spacial score (nSPS) is 17.7. The van der Waals surface area contributed by atoms with Gasteiger partial charge in [-0.15, -0.1) is 0 Å². The van der Waals surface area contributed by atoms with E-state index in [2.05, 4.69) is 6.92 Å². The van der Waals surface area contributed by atoms with Crippen molar-refractivity contribution in [3.8, 4) is 5.75 Å². The molecule has 2 amide bonds. The Morgan fingerprint density at radius 1 is 1.00 bits per heavy atom. The molecular formula is C23H30N2O5. The highest BCUT2D eigenvalue weighted by Crippen LogP contribution is 2.30. The Kier molecular flexibility index (Phi) is 7.49. The molecule has 7 heteroatoms. The first-order valence-corrected chi connectivity index (χ1v) is 10.7. The minimum absolute atomic E-state index is 0.0481. The smallest absolute Gasteiger partial charge is 0.434 e. The van der Waals surface area contributed by atoms with Crippen LogP contribution < -0.4 is 4.74 Å². The lowest BCUT2D eigenvalue weighted by Crippen LogP contribution is -2.50. The predicted molar refractivity (Wildman–Crippen MR) is 112 cm³/mol. The fraction of sp³-hybridized carbons (Fsp3) is 0.522. The van der Waals surface area contributed by atoms with Crippen LogP contribution in [0.5, 0.6) is 5.75 Å². The number of benzene rings is 1. The molecule has 2 aliphatic rings.